The van der Waals surface area contributed by atoms with E-state index in [1.165, 1.54) is 11.5 Å². The summed E-state index contributed by atoms with van der Waals surface area (Å²) in [6.45, 7) is 0. The first-order valence-corrected chi connectivity index (χ1v) is 7.03. The molecule has 3 rings (SSSR count). The first kappa shape index (κ1) is 13.4. The maximum absolute atomic E-state index is 5.76. The van der Waals surface area contributed by atoms with Crippen LogP contribution in [0.25, 0.3) is 11.4 Å². The van der Waals surface area contributed by atoms with E-state index in [1.54, 1.807) is 7.11 Å². The lowest BCUT2D eigenvalue weighted by molar-refractivity contribution is 0.413. The molecule has 2 aromatic carbocycles. The van der Waals surface area contributed by atoms with Gasteiger partial charge in [-0.3, -0.25) is 0 Å². The third-order valence-corrected chi connectivity index (χ3v) is 3.39. The number of hydrogen-bond donors (Lipinski definition) is 1. The van der Waals surface area contributed by atoms with Crippen LogP contribution in [0.4, 0.5) is 5.13 Å². The third-order valence-electron chi connectivity index (χ3n) is 2.85. The monoisotopic (exact) mass is 299 g/mol. The van der Waals surface area contributed by atoms with E-state index in [0.29, 0.717) is 11.0 Å². The number of methoxy groups -OCH3 is 1. The van der Waals surface area contributed by atoms with Crippen LogP contribution in [0.1, 0.15) is 0 Å². The largest absolute Gasteiger partial charge is 0.497 e. The molecule has 0 aliphatic rings. The predicted molar refractivity (Wildman–Crippen MR) is 82.8 cm³/mol. The molecule has 0 saturated carbocycles. The van der Waals surface area contributed by atoms with Gasteiger partial charge in [0.05, 0.1) is 7.11 Å². The van der Waals surface area contributed by atoms with Crippen LogP contribution in [0.3, 0.4) is 0 Å². The molecule has 5 nitrogen and oxygen atoms in total. The average molecular weight is 299 g/mol. The highest BCUT2D eigenvalue weighted by Crippen LogP contribution is 2.26. The summed E-state index contributed by atoms with van der Waals surface area (Å²) in [5.74, 6) is 2.92. The molecule has 0 radical (unpaired) electrons. The van der Waals surface area contributed by atoms with E-state index in [9.17, 15) is 0 Å². The van der Waals surface area contributed by atoms with Crippen molar-refractivity contribution in [1.82, 2.24) is 9.36 Å². The quantitative estimate of drug-likeness (QED) is 0.797. The smallest absolute Gasteiger partial charge is 0.200 e. The molecule has 0 bridgehead atoms. The molecule has 0 spiro atoms. The van der Waals surface area contributed by atoms with E-state index in [2.05, 4.69) is 9.36 Å². The van der Waals surface area contributed by atoms with E-state index in [-0.39, 0.29) is 0 Å². The molecule has 0 aliphatic heterocycles. The Hall–Kier alpha value is -2.60. The normalized spacial score (nSPS) is 10.3. The lowest BCUT2D eigenvalue weighted by Crippen LogP contribution is -1.87. The zero-order valence-electron chi connectivity index (χ0n) is 11.3. The predicted octanol–water partition coefficient (Wildman–Crippen LogP) is 3.59. The first-order valence-electron chi connectivity index (χ1n) is 6.26. The summed E-state index contributed by atoms with van der Waals surface area (Å²) in [6.07, 6.45) is 0. The van der Waals surface area contributed by atoms with Crippen molar-refractivity contribution in [3.05, 3.63) is 48.5 Å². The van der Waals surface area contributed by atoms with Crippen molar-refractivity contribution in [2.75, 3.05) is 12.8 Å². The highest BCUT2D eigenvalue weighted by atomic mass is 32.1. The zero-order valence-corrected chi connectivity index (χ0v) is 12.1. The van der Waals surface area contributed by atoms with Crippen molar-refractivity contribution in [3.8, 4) is 28.6 Å². The molecule has 2 N–H and O–H groups in total. The van der Waals surface area contributed by atoms with Crippen LogP contribution in [0.2, 0.25) is 0 Å². The second kappa shape index (κ2) is 5.80. The topological polar surface area (TPSA) is 70.3 Å². The zero-order chi connectivity index (χ0) is 14.7. The fraction of sp³-hybridized carbons (Fsp3) is 0.0667. The number of ether oxygens (including phenoxy) is 2. The van der Waals surface area contributed by atoms with E-state index in [0.717, 1.165) is 22.8 Å². The van der Waals surface area contributed by atoms with Crippen molar-refractivity contribution in [1.29, 1.82) is 0 Å². The second-order valence-electron chi connectivity index (χ2n) is 4.26. The standard InChI is InChI=1S/C15H13N3O2S/c1-19-11-6-8-13(9-7-11)20-12-4-2-10(3-5-12)14-17-15(16)21-18-14/h2-9H,1H3,(H2,16,17,18). The van der Waals surface area contributed by atoms with Crippen LogP contribution < -0.4 is 15.2 Å². The molecule has 0 unspecified atom stereocenters. The van der Waals surface area contributed by atoms with Gasteiger partial charge in [0.25, 0.3) is 0 Å². The van der Waals surface area contributed by atoms with Gasteiger partial charge in [-0.1, -0.05) is 0 Å². The second-order valence-corrected chi connectivity index (χ2v) is 5.04. The van der Waals surface area contributed by atoms with Crippen LogP contribution in [0, 0.1) is 0 Å². The summed E-state index contributed by atoms with van der Waals surface area (Å²) in [5, 5.41) is 0.462. The average Bonchev–Trinajstić information content (AvgIpc) is 2.95. The van der Waals surface area contributed by atoms with Crippen LogP contribution in [0.5, 0.6) is 17.2 Å². The Morgan fingerprint density at radius 3 is 2.00 bits per heavy atom. The van der Waals surface area contributed by atoms with Crippen molar-refractivity contribution >= 4 is 16.7 Å². The van der Waals surface area contributed by atoms with E-state index in [1.807, 2.05) is 48.5 Å². The minimum atomic E-state index is 0.462. The van der Waals surface area contributed by atoms with Crippen molar-refractivity contribution in [2.24, 2.45) is 0 Å². The Morgan fingerprint density at radius 1 is 0.905 bits per heavy atom. The van der Waals surface area contributed by atoms with Gasteiger partial charge in [-0.05, 0) is 48.5 Å². The lowest BCUT2D eigenvalue weighted by Gasteiger charge is -2.07. The van der Waals surface area contributed by atoms with E-state index in [4.69, 9.17) is 15.2 Å². The summed E-state index contributed by atoms with van der Waals surface area (Å²) in [7, 11) is 1.63. The van der Waals surface area contributed by atoms with Crippen LogP contribution in [0.15, 0.2) is 48.5 Å². The van der Waals surface area contributed by atoms with Gasteiger partial charge in [0.2, 0.25) is 0 Å². The van der Waals surface area contributed by atoms with Gasteiger partial charge >= 0.3 is 0 Å². The van der Waals surface area contributed by atoms with Crippen molar-refractivity contribution in [2.45, 2.75) is 0 Å². The molecule has 6 heteroatoms. The number of nitrogen functional groups attached to an aromatic ring is 1. The molecular weight excluding hydrogens is 286 g/mol. The van der Waals surface area contributed by atoms with Crippen LogP contribution in [-0.4, -0.2) is 16.5 Å². The van der Waals surface area contributed by atoms with Gasteiger partial charge in [-0.2, -0.15) is 9.36 Å². The molecule has 106 valence electrons. The minimum absolute atomic E-state index is 0.462. The minimum Gasteiger partial charge on any atom is -0.497 e. The van der Waals surface area contributed by atoms with Crippen LogP contribution in [-0.2, 0) is 0 Å². The molecule has 1 aromatic heterocycles. The number of benzene rings is 2. The third kappa shape index (κ3) is 3.11. The molecule has 0 saturated heterocycles. The fourth-order valence-electron chi connectivity index (χ4n) is 1.80. The number of nitrogens with two attached hydrogens (primary N) is 1. The highest BCUT2D eigenvalue weighted by Gasteiger charge is 2.05. The molecule has 0 fully saturated rings. The van der Waals surface area contributed by atoms with Gasteiger partial charge in [-0.25, -0.2) is 0 Å². The number of anilines is 1. The Kier molecular flexibility index (Phi) is 3.70. The number of hydrogen-bond acceptors (Lipinski definition) is 6. The van der Waals surface area contributed by atoms with Crippen LogP contribution >= 0.6 is 11.5 Å². The van der Waals surface area contributed by atoms with Gasteiger partial charge < -0.3 is 15.2 Å². The number of nitrogens with zero attached hydrogens (tertiary/aromatic N) is 2. The Morgan fingerprint density at radius 2 is 1.48 bits per heavy atom. The molecule has 0 amide bonds. The van der Waals surface area contributed by atoms with Gasteiger partial charge in [-0.15, -0.1) is 0 Å². The SMILES string of the molecule is COc1ccc(Oc2ccc(-c3nsc(N)n3)cc2)cc1. The Bertz CT molecular complexity index is 723. The van der Waals surface area contributed by atoms with Gasteiger partial charge in [0, 0.05) is 17.1 Å². The molecule has 3 aromatic rings. The summed E-state index contributed by atoms with van der Waals surface area (Å²) in [6, 6.07) is 15.0. The maximum atomic E-state index is 5.76. The van der Waals surface area contributed by atoms with E-state index >= 15 is 0 Å². The fourth-order valence-corrected chi connectivity index (χ4v) is 2.26. The summed E-state index contributed by atoms with van der Waals surface area (Å²) in [4.78, 5) is 4.14. The molecule has 1 heterocycles. The number of aromatic nitrogens is 2. The van der Waals surface area contributed by atoms with Gasteiger partial charge in [0.15, 0.2) is 11.0 Å². The first-order chi connectivity index (χ1) is 10.2. The summed E-state index contributed by atoms with van der Waals surface area (Å²) in [5.41, 5.74) is 6.49. The Labute approximate surface area is 126 Å². The maximum Gasteiger partial charge on any atom is 0.200 e. The van der Waals surface area contributed by atoms with Crippen molar-refractivity contribution < 1.29 is 9.47 Å². The van der Waals surface area contributed by atoms with Gasteiger partial charge in [0.1, 0.15) is 17.2 Å². The molecule has 0 atom stereocenters. The molecule has 0 aliphatic carbocycles. The number of rotatable bonds is 4. The molecular formula is C15H13N3O2S. The van der Waals surface area contributed by atoms with Crippen molar-refractivity contribution in [3.63, 3.8) is 0 Å². The summed E-state index contributed by atoms with van der Waals surface area (Å²) >= 11 is 1.18. The van der Waals surface area contributed by atoms with E-state index < -0.39 is 0 Å². The lowest BCUT2D eigenvalue weighted by atomic mass is 10.2. The molecule has 21 heavy (non-hydrogen) atoms. The highest BCUT2D eigenvalue weighted by molar-refractivity contribution is 7.09. The Balaban J connectivity index is 1.74. The summed E-state index contributed by atoms with van der Waals surface area (Å²) < 4.78 is 15.0.